The average molecular weight is 268 g/mol. The highest BCUT2D eigenvalue weighted by atomic mass is 16.5. The summed E-state index contributed by atoms with van der Waals surface area (Å²) in [5, 5.41) is 0. The molecule has 0 saturated carbocycles. The molecule has 0 radical (unpaired) electrons. The number of para-hydroxylation sites is 1. The van der Waals surface area contributed by atoms with E-state index >= 15 is 0 Å². The van der Waals surface area contributed by atoms with Gasteiger partial charge in [-0.15, -0.1) is 0 Å². The van der Waals surface area contributed by atoms with Crippen molar-refractivity contribution in [2.75, 3.05) is 13.2 Å². The molecule has 0 saturated heterocycles. The standard InChI is InChI=1S/C17H16O3/c18-11-13-5-7-15(8-6-13)20-12-14-9-10-19-17-4-2-1-3-16(14)17/h1-8,11,14H,9-10,12H2. The molecule has 1 heterocycles. The van der Waals surface area contributed by atoms with Crippen molar-refractivity contribution in [3.05, 3.63) is 59.7 Å². The maximum atomic E-state index is 10.6. The van der Waals surface area contributed by atoms with Gasteiger partial charge in [-0.1, -0.05) is 18.2 Å². The molecule has 1 atom stereocenters. The van der Waals surface area contributed by atoms with Gasteiger partial charge in [-0.05, 0) is 36.8 Å². The Morgan fingerprint density at radius 2 is 1.95 bits per heavy atom. The first-order valence-electron chi connectivity index (χ1n) is 6.76. The minimum absolute atomic E-state index is 0.352. The number of benzene rings is 2. The van der Waals surface area contributed by atoms with E-state index in [1.165, 1.54) is 5.56 Å². The summed E-state index contributed by atoms with van der Waals surface area (Å²) in [5.41, 5.74) is 1.87. The molecule has 0 N–H and O–H groups in total. The smallest absolute Gasteiger partial charge is 0.150 e. The van der Waals surface area contributed by atoms with Crippen LogP contribution in [0.4, 0.5) is 0 Å². The fourth-order valence-electron chi connectivity index (χ4n) is 2.43. The number of rotatable bonds is 4. The number of aldehydes is 1. The van der Waals surface area contributed by atoms with E-state index < -0.39 is 0 Å². The van der Waals surface area contributed by atoms with Crippen molar-refractivity contribution in [1.29, 1.82) is 0 Å². The largest absolute Gasteiger partial charge is 0.493 e. The Morgan fingerprint density at radius 3 is 2.75 bits per heavy atom. The second-order valence-corrected chi connectivity index (χ2v) is 4.87. The second kappa shape index (κ2) is 5.78. The predicted molar refractivity (Wildman–Crippen MR) is 76.6 cm³/mol. The van der Waals surface area contributed by atoms with Gasteiger partial charge in [0.15, 0.2) is 0 Å². The molecular formula is C17H16O3. The Morgan fingerprint density at radius 1 is 1.15 bits per heavy atom. The van der Waals surface area contributed by atoms with Crippen LogP contribution < -0.4 is 9.47 Å². The van der Waals surface area contributed by atoms with Crippen LogP contribution in [0.1, 0.15) is 28.3 Å². The van der Waals surface area contributed by atoms with Crippen LogP contribution in [-0.4, -0.2) is 19.5 Å². The number of carbonyl (C=O) groups is 1. The van der Waals surface area contributed by atoms with E-state index in [0.29, 0.717) is 18.1 Å². The molecule has 3 rings (SSSR count). The molecule has 102 valence electrons. The van der Waals surface area contributed by atoms with Gasteiger partial charge in [0.1, 0.15) is 17.8 Å². The number of hydrogen-bond donors (Lipinski definition) is 0. The average Bonchev–Trinajstić information content (AvgIpc) is 2.53. The van der Waals surface area contributed by atoms with Crippen LogP contribution >= 0.6 is 0 Å². The summed E-state index contributed by atoms with van der Waals surface area (Å²) in [6.45, 7) is 1.36. The van der Waals surface area contributed by atoms with Gasteiger partial charge in [-0.2, -0.15) is 0 Å². The molecule has 3 nitrogen and oxygen atoms in total. The lowest BCUT2D eigenvalue weighted by atomic mass is 9.94. The molecule has 2 aromatic carbocycles. The first-order chi connectivity index (χ1) is 9.86. The first-order valence-corrected chi connectivity index (χ1v) is 6.76. The molecule has 2 aromatic rings. The van der Waals surface area contributed by atoms with Gasteiger partial charge in [0.05, 0.1) is 13.2 Å². The Kier molecular flexibility index (Phi) is 3.68. The minimum atomic E-state index is 0.352. The van der Waals surface area contributed by atoms with Gasteiger partial charge in [0.25, 0.3) is 0 Å². The zero-order chi connectivity index (χ0) is 13.8. The summed E-state index contributed by atoms with van der Waals surface area (Å²) in [4.78, 5) is 10.6. The third-order valence-electron chi connectivity index (χ3n) is 3.55. The zero-order valence-corrected chi connectivity index (χ0v) is 11.1. The number of hydrogen-bond acceptors (Lipinski definition) is 3. The van der Waals surface area contributed by atoms with Crippen molar-refractivity contribution >= 4 is 6.29 Å². The van der Waals surface area contributed by atoms with Crippen molar-refractivity contribution in [3.8, 4) is 11.5 Å². The lowest BCUT2D eigenvalue weighted by Crippen LogP contribution is -2.19. The molecule has 20 heavy (non-hydrogen) atoms. The van der Waals surface area contributed by atoms with E-state index in [2.05, 4.69) is 6.07 Å². The topological polar surface area (TPSA) is 35.5 Å². The number of carbonyl (C=O) groups excluding carboxylic acids is 1. The monoisotopic (exact) mass is 268 g/mol. The highest BCUT2D eigenvalue weighted by molar-refractivity contribution is 5.74. The molecule has 1 unspecified atom stereocenters. The molecule has 0 spiro atoms. The van der Waals surface area contributed by atoms with Crippen LogP contribution in [-0.2, 0) is 0 Å². The summed E-state index contributed by atoms with van der Waals surface area (Å²) in [6, 6.07) is 15.3. The van der Waals surface area contributed by atoms with E-state index in [1.54, 1.807) is 12.1 Å². The summed E-state index contributed by atoms with van der Waals surface area (Å²) >= 11 is 0. The third-order valence-corrected chi connectivity index (χ3v) is 3.55. The fraction of sp³-hybridized carbons (Fsp3) is 0.235. The lowest BCUT2D eigenvalue weighted by Gasteiger charge is -2.25. The normalized spacial score (nSPS) is 16.9. The summed E-state index contributed by atoms with van der Waals surface area (Å²) < 4.78 is 11.5. The quantitative estimate of drug-likeness (QED) is 0.797. The van der Waals surface area contributed by atoms with Gasteiger partial charge in [-0.25, -0.2) is 0 Å². The van der Waals surface area contributed by atoms with E-state index in [-0.39, 0.29) is 0 Å². The maximum Gasteiger partial charge on any atom is 0.150 e. The van der Waals surface area contributed by atoms with Crippen LogP contribution in [0.3, 0.4) is 0 Å². The third kappa shape index (κ3) is 2.67. The highest BCUT2D eigenvalue weighted by Gasteiger charge is 2.21. The van der Waals surface area contributed by atoms with Gasteiger partial charge < -0.3 is 9.47 Å². The van der Waals surface area contributed by atoms with Gasteiger partial charge in [0, 0.05) is 17.0 Å². The molecule has 0 fully saturated rings. The molecule has 1 aliphatic heterocycles. The van der Waals surface area contributed by atoms with Crippen LogP contribution in [0.15, 0.2) is 48.5 Å². The number of fused-ring (bicyclic) bond motifs is 1. The SMILES string of the molecule is O=Cc1ccc(OCC2CCOc3ccccc32)cc1. The molecule has 0 aliphatic carbocycles. The Hall–Kier alpha value is -2.29. The van der Waals surface area contributed by atoms with Crippen molar-refractivity contribution < 1.29 is 14.3 Å². The number of ether oxygens (including phenoxy) is 2. The molecule has 3 heteroatoms. The van der Waals surface area contributed by atoms with Crippen LogP contribution in [0.25, 0.3) is 0 Å². The van der Waals surface area contributed by atoms with Crippen molar-refractivity contribution in [2.45, 2.75) is 12.3 Å². The predicted octanol–water partition coefficient (Wildman–Crippen LogP) is 3.44. The van der Waals surface area contributed by atoms with Gasteiger partial charge >= 0.3 is 0 Å². The molecular weight excluding hydrogens is 252 g/mol. The Balaban J connectivity index is 1.68. The summed E-state index contributed by atoms with van der Waals surface area (Å²) in [5.74, 6) is 2.11. The van der Waals surface area contributed by atoms with E-state index in [4.69, 9.17) is 9.47 Å². The van der Waals surface area contributed by atoms with Crippen molar-refractivity contribution in [1.82, 2.24) is 0 Å². The molecule has 0 amide bonds. The molecule has 1 aliphatic rings. The van der Waals surface area contributed by atoms with E-state index in [9.17, 15) is 4.79 Å². The Bertz CT molecular complexity index is 589. The van der Waals surface area contributed by atoms with Crippen LogP contribution in [0.2, 0.25) is 0 Å². The molecule has 0 aromatic heterocycles. The fourth-order valence-corrected chi connectivity index (χ4v) is 2.43. The maximum absolute atomic E-state index is 10.6. The van der Waals surface area contributed by atoms with Crippen molar-refractivity contribution in [3.63, 3.8) is 0 Å². The lowest BCUT2D eigenvalue weighted by molar-refractivity contribution is 0.112. The minimum Gasteiger partial charge on any atom is -0.493 e. The first kappa shape index (κ1) is 12.7. The van der Waals surface area contributed by atoms with Gasteiger partial charge in [-0.3, -0.25) is 4.79 Å². The van der Waals surface area contributed by atoms with Crippen LogP contribution in [0.5, 0.6) is 11.5 Å². The summed E-state index contributed by atoms with van der Waals surface area (Å²) in [7, 11) is 0. The molecule has 0 bridgehead atoms. The zero-order valence-electron chi connectivity index (χ0n) is 11.1. The van der Waals surface area contributed by atoms with Crippen LogP contribution in [0, 0.1) is 0 Å². The van der Waals surface area contributed by atoms with Gasteiger partial charge in [0.2, 0.25) is 0 Å². The highest BCUT2D eigenvalue weighted by Crippen LogP contribution is 2.33. The summed E-state index contributed by atoms with van der Waals surface area (Å²) in [6.07, 6.45) is 1.79. The second-order valence-electron chi connectivity index (χ2n) is 4.87. The van der Waals surface area contributed by atoms with E-state index in [0.717, 1.165) is 30.8 Å². The van der Waals surface area contributed by atoms with Crippen molar-refractivity contribution in [2.24, 2.45) is 0 Å². The van der Waals surface area contributed by atoms with E-state index in [1.807, 2.05) is 30.3 Å². The Labute approximate surface area is 118 Å².